The van der Waals surface area contributed by atoms with Gasteiger partial charge in [-0.3, -0.25) is 4.79 Å². The summed E-state index contributed by atoms with van der Waals surface area (Å²) in [6.45, 7) is 2.80. The maximum atomic E-state index is 13.2. The molecule has 12 atom stereocenters. The van der Waals surface area contributed by atoms with E-state index < -0.39 is 86.8 Å². The number of rotatable bonds is 50. The van der Waals surface area contributed by atoms with Gasteiger partial charge in [0.15, 0.2) is 12.6 Å². The number of carbonyl (C=O) groups is 1. The van der Waals surface area contributed by atoms with Crippen molar-refractivity contribution in [3.8, 4) is 0 Å². The molecule has 0 aliphatic carbocycles. The summed E-state index contributed by atoms with van der Waals surface area (Å²) >= 11 is 0. The van der Waals surface area contributed by atoms with Gasteiger partial charge in [-0.05, 0) is 19.3 Å². The summed E-state index contributed by atoms with van der Waals surface area (Å²) < 4.78 is 22.7. The van der Waals surface area contributed by atoms with Crippen LogP contribution < -0.4 is 5.32 Å². The van der Waals surface area contributed by atoms with E-state index in [0.29, 0.717) is 6.42 Å². The Morgan fingerprint density at radius 2 is 0.838 bits per heavy atom. The number of aliphatic hydroxyl groups is 8. The smallest absolute Gasteiger partial charge is 0.220 e. The summed E-state index contributed by atoms with van der Waals surface area (Å²) in [5.74, 6) is -0.235. The van der Waals surface area contributed by atoms with Crippen LogP contribution in [0.2, 0.25) is 0 Å². The number of allylic oxidation sites excluding steroid dienone is 1. The summed E-state index contributed by atoms with van der Waals surface area (Å²) in [7, 11) is 0. The molecule has 14 nitrogen and oxygen atoms in total. The number of hydrogen-bond acceptors (Lipinski definition) is 13. The van der Waals surface area contributed by atoms with E-state index >= 15 is 0 Å². The molecule has 438 valence electrons. The van der Waals surface area contributed by atoms with E-state index in [1.54, 1.807) is 6.08 Å². The van der Waals surface area contributed by atoms with E-state index in [1.807, 2.05) is 6.08 Å². The Bertz CT molecular complexity index is 1290. The zero-order chi connectivity index (χ0) is 53.9. The van der Waals surface area contributed by atoms with Gasteiger partial charge >= 0.3 is 0 Å². The summed E-state index contributed by atoms with van der Waals surface area (Å²) in [5.41, 5.74) is 0. The van der Waals surface area contributed by atoms with E-state index in [0.717, 1.165) is 38.5 Å². The molecule has 0 bridgehead atoms. The zero-order valence-electron chi connectivity index (χ0n) is 47.1. The van der Waals surface area contributed by atoms with Gasteiger partial charge in [-0.2, -0.15) is 0 Å². The highest BCUT2D eigenvalue weighted by atomic mass is 16.7. The summed E-state index contributed by atoms with van der Waals surface area (Å²) in [4.78, 5) is 13.2. The van der Waals surface area contributed by atoms with Gasteiger partial charge in [-0.1, -0.05) is 257 Å². The first-order valence-electron chi connectivity index (χ1n) is 30.9. The molecule has 0 aromatic heterocycles. The predicted octanol–water partition coefficient (Wildman–Crippen LogP) is 10.7. The Hall–Kier alpha value is -1.27. The van der Waals surface area contributed by atoms with E-state index in [1.165, 1.54) is 205 Å². The molecule has 2 aliphatic heterocycles. The number of unbranched alkanes of at least 4 members (excludes halogenated alkanes) is 37. The van der Waals surface area contributed by atoms with Crippen molar-refractivity contribution in [2.24, 2.45) is 0 Å². The van der Waals surface area contributed by atoms with Gasteiger partial charge in [0.25, 0.3) is 0 Å². The van der Waals surface area contributed by atoms with Gasteiger partial charge in [0.05, 0.1) is 32.0 Å². The lowest BCUT2D eigenvalue weighted by molar-refractivity contribution is -0.359. The minimum atomic E-state index is -1.78. The molecule has 0 aromatic carbocycles. The minimum absolute atomic E-state index is 0.235. The number of hydrogen-bond donors (Lipinski definition) is 9. The second-order valence-corrected chi connectivity index (χ2v) is 22.2. The Labute approximate surface area is 450 Å². The Morgan fingerprint density at radius 3 is 1.24 bits per heavy atom. The van der Waals surface area contributed by atoms with Crippen molar-refractivity contribution >= 4 is 5.91 Å². The Morgan fingerprint density at radius 1 is 0.473 bits per heavy atom. The van der Waals surface area contributed by atoms with Crippen molar-refractivity contribution in [2.45, 2.75) is 344 Å². The lowest BCUT2D eigenvalue weighted by atomic mass is 9.97. The highest BCUT2D eigenvalue weighted by Gasteiger charge is 2.51. The maximum absolute atomic E-state index is 13.2. The van der Waals surface area contributed by atoms with Crippen LogP contribution >= 0.6 is 0 Å². The molecule has 2 heterocycles. The Balaban J connectivity index is 1.62. The van der Waals surface area contributed by atoms with Crippen LogP contribution in [-0.4, -0.2) is 140 Å². The first-order chi connectivity index (χ1) is 36.1. The fourth-order valence-corrected chi connectivity index (χ4v) is 10.5. The third-order valence-electron chi connectivity index (χ3n) is 15.5. The largest absolute Gasteiger partial charge is 0.394 e. The average Bonchev–Trinajstić information content (AvgIpc) is 3.40. The van der Waals surface area contributed by atoms with Crippen LogP contribution in [-0.2, 0) is 23.7 Å². The summed E-state index contributed by atoms with van der Waals surface area (Å²) in [6, 6.07) is -0.908. The topological polar surface area (TPSA) is 228 Å². The SMILES string of the molecule is CCCCCCCCCC/C=C/[C@@H](O)[C@H](CO[C@@H]1O[C@H](CO)[C@@H](O[C@@H]2O[C@H](CO)[C@H](O)C(O)C2O)C(O)C1O)NC(=O)CCCCCCCCCCCCCCCCCCCCCCCCCCCCCCCC. The lowest BCUT2D eigenvalue weighted by Crippen LogP contribution is -2.65. The molecule has 4 unspecified atom stereocenters. The number of nitrogens with one attached hydrogen (secondary N) is 1. The molecule has 0 aromatic rings. The van der Waals surface area contributed by atoms with Gasteiger partial charge in [-0.25, -0.2) is 0 Å². The molecule has 2 rings (SSSR count). The predicted molar refractivity (Wildman–Crippen MR) is 295 cm³/mol. The number of amides is 1. The summed E-state index contributed by atoms with van der Waals surface area (Å²) in [6.07, 6.45) is 37.2. The normalized spacial score (nSPS) is 25.2. The molecule has 2 fully saturated rings. The first kappa shape index (κ1) is 68.8. The fraction of sp³-hybridized carbons (Fsp3) is 0.950. The molecule has 0 radical (unpaired) electrons. The molecule has 0 saturated carbocycles. The van der Waals surface area contributed by atoms with Crippen LogP contribution in [0.1, 0.15) is 271 Å². The van der Waals surface area contributed by atoms with E-state index in [-0.39, 0.29) is 18.9 Å². The van der Waals surface area contributed by atoms with Crippen molar-refractivity contribution in [3.63, 3.8) is 0 Å². The van der Waals surface area contributed by atoms with Crippen molar-refractivity contribution in [1.29, 1.82) is 0 Å². The first-order valence-corrected chi connectivity index (χ1v) is 30.9. The Kier molecular flexibility index (Phi) is 43.4. The van der Waals surface area contributed by atoms with Crippen LogP contribution in [0.4, 0.5) is 0 Å². The standard InChI is InChI=1S/C60H115NO13/c1-3-5-7-9-11-13-15-16-17-18-19-20-21-22-23-24-25-26-27-28-29-30-31-32-33-34-36-38-40-42-44-52(65)61-48(49(64)43-41-39-37-35-14-12-10-8-6-4-2)47-71-59-57(70)55(68)58(51(46-63)73-59)74-60-56(69)54(67)53(66)50(45-62)72-60/h41,43,48-51,53-60,62-64,66-70H,3-40,42,44-47H2,1-2H3,(H,61,65)/b43-41+/t48-,49+,50+,51+,53-,54?,55?,56?,57?,58+,59+,60-/m0/s1. The van der Waals surface area contributed by atoms with Crippen LogP contribution in [0.15, 0.2) is 12.2 Å². The number of ether oxygens (including phenoxy) is 4. The van der Waals surface area contributed by atoms with Gasteiger partial charge in [0.1, 0.15) is 48.8 Å². The molecule has 14 heteroatoms. The maximum Gasteiger partial charge on any atom is 0.220 e. The van der Waals surface area contributed by atoms with Gasteiger partial charge in [0, 0.05) is 6.42 Å². The second-order valence-electron chi connectivity index (χ2n) is 22.2. The van der Waals surface area contributed by atoms with E-state index in [4.69, 9.17) is 18.9 Å². The second kappa shape index (κ2) is 46.6. The highest BCUT2D eigenvalue weighted by Crippen LogP contribution is 2.30. The number of carbonyl (C=O) groups excluding carboxylic acids is 1. The highest BCUT2D eigenvalue weighted by molar-refractivity contribution is 5.76. The van der Waals surface area contributed by atoms with Crippen LogP contribution in [0.5, 0.6) is 0 Å². The van der Waals surface area contributed by atoms with Crippen molar-refractivity contribution in [2.75, 3.05) is 19.8 Å². The van der Waals surface area contributed by atoms with Gasteiger partial charge < -0.3 is 65.1 Å². The zero-order valence-corrected chi connectivity index (χ0v) is 47.1. The lowest BCUT2D eigenvalue weighted by Gasteiger charge is -2.46. The third kappa shape index (κ3) is 32.0. The average molecular weight is 1060 g/mol. The molecular formula is C60H115NO13. The molecule has 74 heavy (non-hydrogen) atoms. The van der Waals surface area contributed by atoms with E-state index in [2.05, 4.69) is 19.2 Å². The van der Waals surface area contributed by atoms with Crippen molar-refractivity contribution < 1.29 is 64.6 Å². The monoisotopic (exact) mass is 1060 g/mol. The third-order valence-corrected chi connectivity index (χ3v) is 15.5. The van der Waals surface area contributed by atoms with Gasteiger partial charge in [-0.15, -0.1) is 0 Å². The van der Waals surface area contributed by atoms with Crippen LogP contribution in [0, 0.1) is 0 Å². The molecular weight excluding hydrogens is 943 g/mol. The molecule has 2 aliphatic rings. The van der Waals surface area contributed by atoms with Crippen molar-refractivity contribution in [3.05, 3.63) is 12.2 Å². The summed E-state index contributed by atoms with van der Waals surface area (Å²) in [5, 5.41) is 86.9. The molecule has 9 N–H and O–H groups in total. The quantitative estimate of drug-likeness (QED) is 0.0204. The minimum Gasteiger partial charge on any atom is -0.394 e. The molecule has 0 spiro atoms. The van der Waals surface area contributed by atoms with Crippen LogP contribution in [0.25, 0.3) is 0 Å². The number of aliphatic hydroxyl groups excluding tert-OH is 8. The molecule has 1 amide bonds. The molecule has 2 saturated heterocycles. The van der Waals surface area contributed by atoms with E-state index in [9.17, 15) is 45.6 Å². The fourth-order valence-electron chi connectivity index (χ4n) is 10.5. The van der Waals surface area contributed by atoms with Gasteiger partial charge in [0.2, 0.25) is 5.91 Å². The van der Waals surface area contributed by atoms with Crippen molar-refractivity contribution in [1.82, 2.24) is 5.32 Å². The van der Waals surface area contributed by atoms with Crippen LogP contribution in [0.3, 0.4) is 0 Å².